The van der Waals surface area contributed by atoms with Crippen LogP contribution in [0, 0.1) is 0 Å². The highest BCUT2D eigenvalue weighted by atomic mass is 32.2. The van der Waals surface area contributed by atoms with Gasteiger partial charge in [0, 0.05) is 6.08 Å². The number of carbonyl (C=O) groups is 2. The molecule has 2 heterocycles. The van der Waals surface area contributed by atoms with Gasteiger partial charge in [0.2, 0.25) is 6.79 Å². The van der Waals surface area contributed by atoms with Crippen molar-refractivity contribution < 1.29 is 32.2 Å². The lowest BCUT2D eigenvalue weighted by Gasteiger charge is -2.14. The van der Waals surface area contributed by atoms with Gasteiger partial charge >= 0.3 is 5.97 Å². The number of hydrogen-bond acceptors (Lipinski definition) is 7. The summed E-state index contributed by atoms with van der Waals surface area (Å²) >= 11 is 0. The largest absolute Gasteiger partial charge is 0.461 e. The summed E-state index contributed by atoms with van der Waals surface area (Å²) in [4.78, 5) is 24.1. The van der Waals surface area contributed by atoms with Crippen LogP contribution in [0.25, 0.3) is 6.08 Å². The van der Waals surface area contributed by atoms with Gasteiger partial charge in [-0.15, -0.1) is 0 Å². The second-order valence-corrected chi connectivity index (χ2v) is 7.82. The molecule has 0 spiro atoms. The van der Waals surface area contributed by atoms with E-state index in [0.29, 0.717) is 21.4 Å². The Kier molecular flexibility index (Phi) is 4.52. The molecule has 28 heavy (non-hydrogen) atoms. The molecule has 9 heteroatoms. The first kappa shape index (κ1) is 18.1. The fourth-order valence-corrected chi connectivity index (χ4v) is 4.46. The maximum atomic E-state index is 12.4. The van der Waals surface area contributed by atoms with Crippen LogP contribution in [0.1, 0.15) is 15.9 Å². The van der Waals surface area contributed by atoms with Crippen LogP contribution in [0.4, 0.5) is 0 Å². The van der Waals surface area contributed by atoms with Gasteiger partial charge in [-0.2, -0.15) is 0 Å². The Bertz CT molecular complexity index is 1090. The summed E-state index contributed by atoms with van der Waals surface area (Å²) in [6.07, 6.45) is 2.75. The van der Waals surface area contributed by atoms with Crippen molar-refractivity contribution in [1.82, 2.24) is 4.31 Å². The predicted molar refractivity (Wildman–Crippen MR) is 97.2 cm³/mol. The van der Waals surface area contributed by atoms with Crippen molar-refractivity contribution in [3.8, 4) is 11.5 Å². The molecule has 8 nitrogen and oxygen atoms in total. The van der Waals surface area contributed by atoms with Crippen LogP contribution in [-0.4, -0.2) is 44.5 Å². The molecular weight excluding hydrogens is 386 g/mol. The molecule has 2 aliphatic rings. The molecule has 144 valence electrons. The third kappa shape index (κ3) is 3.20. The van der Waals surface area contributed by atoms with E-state index >= 15 is 0 Å². The molecule has 0 fully saturated rings. The zero-order valence-corrected chi connectivity index (χ0v) is 15.3. The van der Waals surface area contributed by atoms with Crippen LogP contribution in [0.2, 0.25) is 0 Å². The van der Waals surface area contributed by atoms with Crippen LogP contribution in [0.5, 0.6) is 11.5 Å². The number of hydrogen-bond donors (Lipinski definition) is 0. The predicted octanol–water partition coefficient (Wildman–Crippen LogP) is 1.82. The Morgan fingerprint density at radius 2 is 1.93 bits per heavy atom. The summed E-state index contributed by atoms with van der Waals surface area (Å²) in [5.74, 6) is -0.0492. The zero-order valence-electron chi connectivity index (χ0n) is 14.5. The molecule has 0 N–H and O–H groups in total. The minimum absolute atomic E-state index is 0.0333. The minimum Gasteiger partial charge on any atom is -0.461 e. The number of nitrogens with zero attached hydrogens (tertiary/aromatic N) is 1. The van der Waals surface area contributed by atoms with Crippen molar-refractivity contribution >= 4 is 28.0 Å². The lowest BCUT2D eigenvalue weighted by atomic mass is 10.2. The zero-order chi connectivity index (χ0) is 19.7. The number of fused-ring (bicyclic) bond motifs is 2. The average Bonchev–Trinajstić information content (AvgIpc) is 3.23. The third-order valence-corrected chi connectivity index (χ3v) is 6.10. The molecule has 0 unspecified atom stereocenters. The molecule has 1 amide bonds. The van der Waals surface area contributed by atoms with E-state index in [1.807, 2.05) is 0 Å². The number of carbonyl (C=O) groups excluding carboxylic acids is 2. The molecule has 0 bridgehead atoms. The molecule has 2 aliphatic heterocycles. The van der Waals surface area contributed by atoms with Crippen molar-refractivity contribution in [3.63, 3.8) is 0 Å². The van der Waals surface area contributed by atoms with Gasteiger partial charge < -0.3 is 14.2 Å². The smallest absolute Gasteiger partial charge is 0.330 e. The summed E-state index contributed by atoms with van der Waals surface area (Å²) in [6, 6.07) is 11.2. The van der Waals surface area contributed by atoms with E-state index in [1.54, 1.807) is 30.3 Å². The summed E-state index contributed by atoms with van der Waals surface area (Å²) in [5.41, 5.74) is 0.838. The average molecular weight is 401 g/mol. The molecule has 0 radical (unpaired) electrons. The van der Waals surface area contributed by atoms with Gasteiger partial charge in [0.15, 0.2) is 11.5 Å². The van der Waals surface area contributed by atoms with Gasteiger partial charge in [-0.1, -0.05) is 18.2 Å². The Hall–Kier alpha value is -3.33. The second-order valence-electron chi connectivity index (χ2n) is 5.99. The summed E-state index contributed by atoms with van der Waals surface area (Å²) in [7, 11) is -3.91. The lowest BCUT2D eigenvalue weighted by molar-refractivity contribution is -0.137. The Morgan fingerprint density at radius 3 is 2.75 bits per heavy atom. The van der Waals surface area contributed by atoms with Crippen molar-refractivity contribution in [2.24, 2.45) is 0 Å². The van der Waals surface area contributed by atoms with Crippen molar-refractivity contribution in [3.05, 3.63) is 59.7 Å². The third-order valence-electron chi connectivity index (χ3n) is 4.26. The van der Waals surface area contributed by atoms with E-state index in [0.717, 1.165) is 0 Å². The van der Waals surface area contributed by atoms with E-state index < -0.39 is 21.9 Å². The molecule has 2 aromatic carbocycles. The molecule has 0 aliphatic carbocycles. The normalized spacial score (nSPS) is 16.4. The molecule has 2 aromatic rings. The summed E-state index contributed by atoms with van der Waals surface area (Å²) < 4.78 is 41.0. The Balaban J connectivity index is 1.34. The molecule has 0 atom stereocenters. The van der Waals surface area contributed by atoms with Gasteiger partial charge in [0.1, 0.15) is 11.5 Å². The minimum atomic E-state index is -3.91. The van der Waals surface area contributed by atoms with Crippen LogP contribution in [0.3, 0.4) is 0 Å². The van der Waals surface area contributed by atoms with Crippen molar-refractivity contribution in [1.29, 1.82) is 0 Å². The van der Waals surface area contributed by atoms with Crippen molar-refractivity contribution in [2.45, 2.75) is 4.90 Å². The standard InChI is InChI=1S/C19H15NO7S/c21-18(8-6-13-5-7-15-16(11-13)27-12-26-15)25-10-9-20-19(22)14-3-1-2-4-17(14)28(20,23)24/h1-8,11H,9-10,12H2/b8-6+. The fraction of sp³-hybridized carbons (Fsp3) is 0.158. The van der Waals surface area contributed by atoms with Crippen LogP contribution in [-0.2, 0) is 19.6 Å². The van der Waals surface area contributed by atoms with Gasteiger partial charge in [0.25, 0.3) is 15.9 Å². The highest BCUT2D eigenvalue weighted by Gasteiger charge is 2.40. The topological polar surface area (TPSA) is 99.2 Å². The highest BCUT2D eigenvalue weighted by molar-refractivity contribution is 7.90. The van der Waals surface area contributed by atoms with E-state index in [2.05, 4.69) is 0 Å². The van der Waals surface area contributed by atoms with Gasteiger partial charge in [0.05, 0.1) is 12.1 Å². The van der Waals surface area contributed by atoms with Crippen molar-refractivity contribution in [2.75, 3.05) is 19.9 Å². The van der Waals surface area contributed by atoms with Crippen LogP contribution >= 0.6 is 0 Å². The maximum absolute atomic E-state index is 12.4. The maximum Gasteiger partial charge on any atom is 0.330 e. The first-order valence-electron chi connectivity index (χ1n) is 8.37. The van der Waals surface area contributed by atoms with Gasteiger partial charge in [-0.25, -0.2) is 17.5 Å². The number of sulfonamides is 1. The van der Waals surface area contributed by atoms with Gasteiger partial charge in [-0.3, -0.25) is 4.79 Å². The summed E-state index contributed by atoms with van der Waals surface area (Å²) in [6.45, 7) is -0.338. The molecule has 4 rings (SSSR count). The number of rotatable bonds is 5. The number of amides is 1. The molecule has 0 aromatic heterocycles. The first-order valence-corrected chi connectivity index (χ1v) is 9.81. The fourth-order valence-electron chi connectivity index (χ4n) is 2.91. The number of ether oxygens (including phenoxy) is 3. The Morgan fingerprint density at radius 1 is 1.14 bits per heavy atom. The monoisotopic (exact) mass is 401 g/mol. The van der Waals surface area contributed by atoms with Gasteiger partial charge in [-0.05, 0) is 35.9 Å². The molecule has 0 saturated carbocycles. The quantitative estimate of drug-likeness (QED) is 0.557. The molecule has 0 saturated heterocycles. The number of esters is 1. The lowest BCUT2D eigenvalue weighted by Crippen LogP contribution is -2.33. The van der Waals surface area contributed by atoms with Crippen LogP contribution in [0.15, 0.2) is 53.4 Å². The summed E-state index contributed by atoms with van der Waals surface area (Å²) in [5, 5.41) is 0. The SMILES string of the molecule is O=C(/C=C/c1ccc2c(c1)OCO2)OCCN1C(=O)c2ccccc2S1(=O)=O. The highest BCUT2D eigenvalue weighted by Crippen LogP contribution is 2.33. The van der Waals surface area contributed by atoms with E-state index in [-0.39, 0.29) is 30.4 Å². The van der Waals surface area contributed by atoms with E-state index in [1.165, 1.54) is 24.3 Å². The van der Waals surface area contributed by atoms with E-state index in [9.17, 15) is 18.0 Å². The first-order chi connectivity index (χ1) is 13.5. The second kappa shape index (κ2) is 7.01. The molecular formula is C19H15NO7S. The van der Waals surface area contributed by atoms with Crippen LogP contribution < -0.4 is 9.47 Å². The Labute approximate surface area is 161 Å². The van der Waals surface area contributed by atoms with E-state index in [4.69, 9.17) is 14.2 Å². The number of benzene rings is 2.